The maximum absolute atomic E-state index is 6.42. The third kappa shape index (κ3) is 4.17. The SMILES string of the molecule is c1ccc(-n2c3ccccc3c3cc4c(cc32)c2cccnc2n4-c2cccc(Oc3cccc(-c4ccccn4)c3)c2)cc1. The number of rotatable bonds is 5. The van der Waals surface area contributed by atoms with Gasteiger partial charge in [-0.05, 0) is 78.9 Å². The number of hydrogen-bond donors (Lipinski definition) is 0. The lowest BCUT2D eigenvalue weighted by Crippen LogP contribution is -1.96. The lowest BCUT2D eigenvalue weighted by molar-refractivity contribution is 0.482. The summed E-state index contributed by atoms with van der Waals surface area (Å²) in [7, 11) is 0. The molecule has 9 aromatic rings. The zero-order valence-corrected chi connectivity index (χ0v) is 24.2. The van der Waals surface area contributed by atoms with Gasteiger partial charge >= 0.3 is 0 Å². The second kappa shape index (κ2) is 10.2. The van der Waals surface area contributed by atoms with Gasteiger partial charge in [-0.15, -0.1) is 0 Å². The van der Waals surface area contributed by atoms with E-state index in [1.807, 2.05) is 66.9 Å². The Labute approximate surface area is 259 Å². The molecule has 0 amide bonds. The van der Waals surface area contributed by atoms with Crippen LogP contribution in [0.25, 0.3) is 66.4 Å². The quantitative estimate of drug-likeness (QED) is 0.204. The number of para-hydroxylation sites is 2. The minimum atomic E-state index is 0.748. The van der Waals surface area contributed by atoms with E-state index in [2.05, 4.69) is 99.0 Å². The molecule has 0 aliphatic carbocycles. The number of ether oxygens (including phenoxy) is 1. The highest BCUT2D eigenvalue weighted by Crippen LogP contribution is 2.39. The first kappa shape index (κ1) is 25.3. The molecule has 0 radical (unpaired) electrons. The number of nitrogens with zero attached hydrogens (tertiary/aromatic N) is 4. The van der Waals surface area contributed by atoms with Gasteiger partial charge in [-0.1, -0.05) is 60.7 Å². The van der Waals surface area contributed by atoms with Crippen molar-refractivity contribution < 1.29 is 4.74 Å². The molecule has 0 saturated heterocycles. The van der Waals surface area contributed by atoms with Crippen molar-refractivity contribution in [3.8, 4) is 34.1 Å². The second-order valence-electron chi connectivity index (χ2n) is 11.1. The Morgan fingerprint density at radius 2 is 1.11 bits per heavy atom. The molecule has 5 aromatic carbocycles. The van der Waals surface area contributed by atoms with Crippen LogP contribution in [0.3, 0.4) is 0 Å². The Kier molecular flexibility index (Phi) is 5.74. The molecule has 0 saturated carbocycles. The summed E-state index contributed by atoms with van der Waals surface area (Å²) in [5, 5.41) is 4.67. The van der Waals surface area contributed by atoms with Crippen LogP contribution in [0.15, 0.2) is 158 Å². The first-order valence-electron chi connectivity index (χ1n) is 15.0. The van der Waals surface area contributed by atoms with E-state index in [0.717, 1.165) is 56.1 Å². The summed E-state index contributed by atoms with van der Waals surface area (Å²) >= 11 is 0. The van der Waals surface area contributed by atoms with Crippen LogP contribution in [0.4, 0.5) is 0 Å². The predicted octanol–water partition coefficient (Wildman–Crippen LogP) is 10.1. The molecule has 0 aliphatic rings. The third-order valence-electron chi connectivity index (χ3n) is 8.44. The van der Waals surface area contributed by atoms with Crippen molar-refractivity contribution >= 4 is 43.7 Å². The summed E-state index contributed by atoms with van der Waals surface area (Å²) in [6, 6.07) is 50.2. The van der Waals surface area contributed by atoms with E-state index < -0.39 is 0 Å². The zero-order chi connectivity index (χ0) is 29.7. The average molecular weight is 579 g/mol. The molecule has 0 aliphatic heterocycles. The Bertz CT molecular complexity index is 2510. The van der Waals surface area contributed by atoms with Crippen molar-refractivity contribution in [1.82, 2.24) is 19.1 Å². The maximum atomic E-state index is 6.42. The van der Waals surface area contributed by atoms with Gasteiger partial charge in [0, 0.05) is 51.3 Å². The fourth-order valence-corrected chi connectivity index (χ4v) is 6.50. The fraction of sp³-hybridized carbons (Fsp3) is 0. The summed E-state index contributed by atoms with van der Waals surface area (Å²) in [6.07, 6.45) is 3.67. The smallest absolute Gasteiger partial charge is 0.145 e. The molecule has 5 heteroatoms. The number of aromatic nitrogens is 4. The van der Waals surface area contributed by atoms with E-state index in [4.69, 9.17) is 9.72 Å². The monoisotopic (exact) mass is 578 g/mol. The van der Waals surface area contributed by atoms with Gasteiger partial charge in [0.05, 0.1) is 27.9 Å². The minimum Gasteiger partial charge on any atom is -0.457 e. The van der Waals surface area contributed by atoms with Gasteiger partial charge in [-0.2, -0.15) is 0 Å². The van der Waals surface area contributed by atoms with Crippen molar-refractivity contribution in [3.05, 3.63) is 158 Å². The molecule has 0 N–H and O–H groups in total. The first-order valence-corrected chi connectivity index (χ1v) is 15.0. The molecular formula is C40H26N4O. The number of pyridine rings is 2. The molecular weight excluding hydrogens is 552 g/mol. The van der Waals surface area contributed by atoms with E-state index >= 15 is 0 Å². The van der Waals surface area contributed by atoms with Gasteiger partial charge in [0.25, 0.3) is 0 Å². The first-order chi connectivity index (χ1) is 22.3. The third-order valence-corrected chi connectivity index (χ3v) is 8.44. The summed E-state index contributed by atoms with van der Waals surface area (Å²) < 4.78 is 11.0. The van der Waals surface area contributed by atoms with Crippen molar-refractivity contribution in [1.29, 1.82) is 0 Å². The molecule has 4 heterocycles. The largest absolute Gasteiger partial charge is 0.457 e. The van der Waals surface area contributed by atoms with Crippen LogP contribution < -0.4 is 4.74 Å². The van der Waals surface area contributed by atoms with Crippen molar-refractivity contribution in [3.63, 3.8) is 0 Å². The second-order valence-corrected chi connectivity index (χ2v) is 11.1. The van der Waals surface area contributed by atoms with Crippen molar-refractivity contribution in [2.45, 2.75) is 0 Å². The number of hydrogen-bond acceptors (Lipinski definition) is 3. The van der Waals surface area contributed by atoms with Gasteiger partial charge in [0.15, 0.2) is 0 Å². The summed E-state index contributed by atoms with van der Waals surface area (Å²) in [4.78, 5) is 9.37. The predicted molar refractivity (Wildman–Crippen MR) is 183 cm³/mol. The number of fused-ring (bicyclic) bond motifs is 6. The van der Waals surface area contributed by atoms with E-state index in [1.165, 1.54) is 21.8 Å². The molecule has 9 rings (SSSR count). The van der Waals surface area contributed by atoms with Gasteiger partial charge < -0.3 is 9.30 Å². The summed E-state index contributed by atoms with van der Waals surface area (Å²) in [6.45, 7) is 0. The van der Waals surface area contributed by atoms with Crippen LogP contribution in [-0.2, 0) is 0 Å². The van der Waals surface area contributed by atoms with Crippen LogP contribution >= 0.6 is 0 Å². The molecule has 5 nitrogen and oxygen atoms in total. The highest BCUT2D eigenvalue weighted by Gasteiger charge is 2.19. The maximum Gasteiger partial charge on any atom is 0.145 e. The van der Waals surface area contributed by atoms with Gasteiger partial charge in [0.1, 0.15) is 17.1 Å². The van der Waals surface area contributed by atoms with Crippen LogP contribution in [0.5, 0.6) is 11.5 Å². The van der Waals surface area contributed by atoms with Crippen LogP contribution in [0.1, 0.15) is 0 Å². The van der Waals surface area contributed by atoms with Crippen LogP contribution in [-0.4, -0.2) is 19.1 Å². The van der Waals surface area contributed by atoms with E-state index in [0.29, 0.717) is 0 Å². The van der Waals surface area contributed by atoms with Gasteiger partial charge in [-0.25, -0.2) is 4.98 Å². The zero-order valence-electron chi connectivity index (χ0n) is 24.2. The lowest BCUT2D eigenvalue weighted by Gasteiger charge is -2.11. The van der Waals surface area contributed by atoms with Crippen molar-refractivity contribution in [2.24, 2.45) is 0 Å². The highest BCUT2D eigenvalue weighted by molar-refractivity contribution is 6.18. The van der Waals surface area contributed by atoms with E-state index in [9.17, 15) is 0 Å². The Morgan fingerprint density at radius 3 is 1.98 bits per heavy atom. The van der Waals surface area contributed by atoms with Gasteiger partial charge in [0.2, 0.25) is 0 Å². The van der Waals surface area contributed by atoms with E-state index in [1.54, 1.807) is 6.20 Å². The lowest BCUT2D eigenvalue weighted by atomic mass is 10.1. The highest BCUT2D eigenvalue weighted by atomic mass is 16.5. The molecule has 45 heavy (non-hydrogen) atoms. The van der Waals surface area contributed by atoms with Gasteiger partial charge in [-0.3, -0.25) is 9.55 Å². The molecule has 0 fully saturated rings. The van der Waals surface area contributed by atoms with Crippen molar-refractivity contribution in [2.75, 3.05) is 0 Å². The Morgan fingerprint density at radius 1 is 0.422 bits per heavy atom. The molecule has 0 bridgehead atoms. The van der Waals surface area contributed by atoms with Crippen LogP contribution in [0, 0.1) is 0 Å². The molecule has 0 atom stereocenters. The minimum absolute atomic E-state index is 0.748. The summed E-state index contributed by atoms with van der Waals surface area (Å²) in [5.41, 5.74) is 8.40. The average Bonchev–Trinajstić information content (AvgIpc) is 3.60. The Hall–Kier alpha value is -6.20. The molecule has 4 aromatic heterocycles. The topological polar surface area (TPSA) is 44.9 Å². The molecule has 0 spiro atoms. The summed E-state index contributed by atoms with van der Waals surface area (Å²) in [5.74, 6) is 1.50. The molecule has 212 valence electrons. The van der Waals surface area contributed by atoms with Crippen LogP contribution in [0.2, 0.25) is 0 Å². The van der Waals surface area contributed by atoms with E-state index in [-0.39, 0.29) is 0 Å². The molecule has 0 unspecified atom stereocenters. The normalized spacial score (nSPS) is 11.6. The fourth-order valence-electron chi connectivity index (χ4n) is 6.50. The number of benzene rings is 5. The standard InChI is InChI=1S/C40H26N4O/c1-2-12-28(13-3-1)43-37-20-5-4-17-32(37)34-25-39-35(26-38(34)43)33-18-10-22-42-40(33)44(39)29-14-9-16-31(24-29)45-30-15-8-11-27(23-30)36-19-6-7-21-41-36/h1-26H. The Balaban J connectivity index is 1.23.